The van der Waals surface area contributed by atoms with Gasteiger partial charge in [0.2, 0.25) is 0 Å². The molecule has 0 aliphatic rings. The predicted molar refractivity (Wildman–Crippen MR) is 82.9 cm³/mol. The SMILES string of the molecule is Cc1cc(C)cc(NC(=O)c2ccc(C)cc2NN)c1. The Morgan fingerprint density at radius 1 is 0.950 bits per heavy atom. The molecule has 0 saturated heterocycles. The topological polar surface area (TPSA) is 67.2 Å². The van der Waals surface area contributed by atoms with Crippen LogP contribution in [0.2, 0.25) is 0 Å². The van der Waals surface area contributed by atoms with Gasteiger partial charge in [-0.15, -0.1) is 0 Å². The minimum atomic E-state index is -0.178. The van der Waals surface area contributed by atoms with E-state index >= 15 is 0 Å². The molecule has 2 aromatic rings. The molecule has 0 heterocycles. The molecule has 0 unspecified atom stereocenters. The smallest absolute Gasteiger partial charge is 0.257 e. The Bertz CT molecular complexity index is 630. The monoisotopic (exact) mass is 269 g/mol. The molecule has 4 nitrogen and oxygen atoms in total. The number of hydrazine groups is 1. The number of hydrogen-bond acceptors (Lipinski definition) is 3. The molecule has 0 atom stereocenters. The standard InChI is InChI=1S/C16H19N3O/c1-10-4-5-14(15(9-10)19-17)16(20)18-13-7-11(2)6-12(3)8-13/h4-9,19H,17H2,1-3H3,(H,18,20). The molecular weight excluding hydrogens is 250 g/mol. The molecular formula is C16H19N3O. The Labute approximate surface area is 119 Å². The Hall–Kier alpha value is -2.33. The van der Waals surface area contributed by atoms with Crippen molar-refractivity contribution in [2.75, 3.05) is 10.7 Å². The lowest BCUT2D eigenvalue weighted by atomic mass is 10.1. The molecule has 0 aromatic heterocycles. The van der Waals surface area contributed by atoms with E-state index in [4.69, 9.17) is 5.84 Å². The summed E-state index contributed by atoms with van der Waals surface area (Å²) in [5, 5.41) is 2.90. The zero-order valence-electron chi connectivity index (χ0n) is 11.9. The summed E-state index contributed by atoms with van der Waals surface area (Å²) in [6.45, 7) is 5.95. The molecule has 0 aliphatic heterocycles. The summed E-state index contributed by atoms with van der Waals surface area (Å²) in [6, 6.07) is 11.4. The number of hydrogen-bond donors (Lipinski definition) is 3. The maximum Gasteiger partial charge on any atom is 0.257 e. The lowest BCUT2D eigenvalue weighted by Crippen LogP contribution is -2.17. The average Bonchev–Trinajstić information content (AvgIpc) is 2.37. The van der Waals surface area contributed by atoms with Gasteiger partial charge in [-0.2, -0.15) is 0 Å². The number of nitrogens with one attached hydrogen (secondary N) is 2. The Morgan fingerprint density at radius 2 is 1.60 bits per heavy atom. The number of nitrogens with two attached hydrogens (primary N) is 1. The highest BCUT2D eigenvalue weighted by Crippen LogP contribution is 2.19. The van der Waals surface area contributed by atoms with Crippen LogP contribution in [0.5, 0.6) is 0 Å². The first-order chi connectivity index (χ1) is 9.49. The van der Waals surface area contributed by atoms with Crippen LogP contribution < -0.4 is 16.6 Å². The molecule has 1 amide bonds. The second kappa shape index (κ2) is 5.75. The highest BCUT2D eigenvalue weighted by atomic mass is 16.1. The van der Waals surface area contributed by atoms with Gasteiger partial charge in [-0.05, 0) is 61.7 Å². The minimum Gasteiger partial charge on any atom is -0.323 e. The van der Waals surface area contributed by atoms with Gasteiger partial charge in [0.05, 0.1) is 11.3 Å². The van der Waals surface area contributed by atoms with Crippen LogP contribution in [0.3, 0.4) is 0 Å². The van der Waals surface area contributed by atoms with Crippen LogP contribution >= 0.6 is 0 Å². The number of nitrogen functional groups attached to an aromatic ring is 1. The normalized spacial score (nSPS) is 10.2. The summed E-state index contributed by atoms with van der Waals surface area (Å²) in [6.07, 6.45) is 0. The second-order valence-electron chi connectivity index (χ2n) is 5.02. The molecule has 4 heteroatoms. The van der Waals surface area contributed by atoms with Crippen LogP contribution in [0.4, 0.5) is 11.4 Å². The molecule has 0 spiro atoms. The number of benzene rings is 2. The highest BCUT2D eigenvalue weighted by molar-refractivity contribution is 6.08. The van der Waals surface area contributed by atoms with Gasteiger partial charge in [-0.3, -0.25) is 10.6 Å². The minimum absolute atomic E-state index is 0.178. The Morgan fingerprint density at radius 3 is 2.20 bits per heavy atom. The fourth-order valence-corrected chi connectivity index (χ4v) is 2.22. The third kappa shape index (κ3) is 3.16. The predicted octanol–water partition coefficient (Wildman–Crippen LogP) is 3.15. The van der Waals surface area contributed by atoms with E-state index in [0.29, 0.717) is 11.3 Å². The van der Waals surface area contributed by atoms with Gasteiger partial charge in [-0.25, -0.2) is 0 Å². The third-order valence-corrected chi connectivity index (χ3v) is 3.05. The van der Waals surface area contributed by atoms with Crippen molar-refractivity contribution in [3.8, 4) is 0 Å². The van der Waals surface area contributed by atoms with E-state index in [0.717, 1.165) is 22.4 Å². The first kappa shape index (κ1) is 14.1. The molecule has 0 fully saturated rings. The zero-order valence-corrected chi connectivity index (χ0v) is 11.9. The molecule has 0 saturated carbocycles. The lowest BCUT2D eigenvalue weighted by Gasteiger charge is -2.11. The van der Waals surface area contributed by atoms with E-state index in [1.165, 1.54) is 0 Å². The highest BCUT2D eigenvalue weighted by Gasteiger charge is 2.11. The van der Waals surface area contributed by atoms with E-state index in [-0.39, 0.29) is 5.91 Å². The summed E-state index contributed by atoms with van der Waals surface area (Å²) in [4.78, 5) is 12.3. The maximum absolute atomic E-state index is 12.3. The molecule has 0 radical (unpaired) electrons. The van der Waals surface area contributed by atoms with Crippen LogP contribution in [0.1, 0.15) is 27.0 Å². The van der Waals surface area contributed by atoms with Gasteiger partial charge in [0.1, 0.15) is 0 Å². The number of amides is 1. The van der Waals surface area contributed by atoms with Crippen molar-refractivity contribution in [1.82, 2.24) is 0 Å². The molecule has 0 aliphatic carbocycles. The number of aryl methyl sites for hydroxylation is 3. The summed E-state index contributed by atoms with van der Waals surface area (Å²) in [5.74, 6) is 5.29. The quantitative estimate of drug-likeness (QED) is 0.592. The Balaban J connectivity index is 2.28. The van der Waals surface area contributed by atoms with Gasteiger partial charge in [0.15, 0.2) is 0 Å². The van der Waals surface area contributed by atoms with Crippen molar-refractivity contribution >= 4 is 17.3 Å². The molecule has 4 N–H and O–H groups in total. The molecule has 104 valence electrons. The summed E-state index contributed by atoms with van der Waals surface area (Å²) < 4.78 is 0. The van der Waals surface area contributed by atoms with Crippen LogP contribution in [-0.2, 0) is 0 Å². The van der Waals surface area contributed by atoms with Gasteiger partial charge in [0, 0.05) is 5.69 Å². The van der Waals surface area contributed by atoms with Crippen LogP contribution in [0, 0.1) is 20.8 Å². The van der Waals surface area contributed by atoms with Crippen molar-refractivity contribution in [3.63, 3.8) is 0 Å². The second-order valence-corrected chi connectivity index (χ2v) is 5.02. The van der Waals surface area contributed by atoms with E-state index in [2.05, 4.69) is 16.8 Å². The molecule has 20 heavy (non-hydrogen) atoms. The van der Waals surface area contributed by atoms with E-state index in [1.54, 1.807) is 6.07 Å². The van der Waals surface area contributed by atoms with Crippen molar-refractivity contribution in [1.29, 1.82) is 0 Å². The van der Waals surface area contributed by atoms with Crippen molar-refractivity contribution < 1.29 is 4.79 Å². The van der Waals surface area contributed by atoms with E-state index in [9.17, 15) is 4.79 Å². The summed E-state index contributed by atoms with van der Waals surface area (Å²) in [7, 11) is 0. The van der Waals surface area contributed by atoms with Gasteiger partial charge in [0.25, 0.3) is 5.91 Å². The molecule has 2 rings (SSSR count). The first-order valence-electron chi connectivity index (χ1n) is 6.46. The summed E-state index contributed by atoms with van der Waals surface area (Å²) in [5.41, 5.74) is 7.76. The first-order valence-corrected chi connectivity index (χ1v) is 6.46. The van der Waals surface area contributed by atoms with Crippen LogP contribution in [0.25, 0.3) is 0 Å². The van der Waals surface area contributed by atoms with Crippen LogP contribution in [0.15, 0.2) is 36.4 Å². The number of anilines is 2. The fourth-order valence-electron chi connectivity index (χ4n) is 2.22. The van der Waals surface area contributed by atoms with E-state index < -0.39 is 0 Å². The van der Waals surface area contributed by atoms with Gasteiger partial charge in [-0.1, -0.05) is 12.1 Å². The zero-order chi connectivity index (χ0) is 14.7. The fraction of sp³-hybridized carbons (Fsp3) is 0.188. The Kier molecular flexibility index (Phi) is 4.05. The van der Waals surface area contributed by atoms with Gasteiger partial charge < -0.3 is 10.7 Å². The molecule has 2 aromatic carbocycles. The maximum atomic E-state index is 12.3. The van der Waals surface area contributed by atoms with Crippen molar-refractivity contribution in [2.45, 2.75) is 20.8 Å². The number of carbonyl (C=O) groups is 1. The van der Waals surface area contributed by atoms with Crippen LogP contribution in [-0.4, -0.2) is 5.91 Å². The number of rotatable bonds is 3. The average molecular weight is 269 g/mol. The lowest BCUT2D eigenvalue weighted by molar-refractivity contribution is 0.102. The van der Waals surface area contributed by atoms with E-state index in [1.807, 2.05) is 45.0 Å². The van der Waals surface area contributed by atoms with Crippen molar-refractivity contribution in [2.24, 2.45) is 5.84 Å². The third-order valence-electron chi connectivity index (χ3n) is 3.05. The summed E-state index contributed by atoms with van der Waals surface area (Å²) >= 11 is 0. The van der Waals surface area contributed by atoms with Gasteiger partial charge >= 0.3 is 0 Å². The number of carbonyl (C=O) groups excluding carboxylic acids is 1. The largest absolute Gasteiger partial charge is 0.323 e. The molecule has 0 bridgehead atoms. The van der Waals surface area contributed by atoms with Crippen molar-refractivity contribution in [3.05, 3.63) is 58.7 Å².